The molecule has 0 amide bonds. The van der Waals surface area contributed by atoms with E-state index in [1.807, 2.05) is 36.4 Å². The van der Waals surface area contributed by atoms with Gasteiger partial charge in [0.25, 0.3) is 0 Å². The second kappa shape index (κ2) is 3.92. The van der Waals surface area contributed by atoms with Crippen LogP contribution in [0.5, 0.6) is 0 Å². The Morgan fingerprint density at radius 2 is 1.74 bits per heavy atom. The fraction of sp³-hybridized carbons (Fsp3) is 0. The number of hydrogen-bond acceptors (Lipinski definition) is 3. The first-order valence-corrected chi connectivity index (χ1v) is 6.10. The number of rotatable bonds is 1. The van der Waals surface area contributed by atoms with Gasteiger partial charge in [0, 0.05) is 28.7 Å². The van der Waals surface area contributed by atoms with Crippen molar-refractivity contribution in [1.29, 1.82) is 0 Å². The van der Waals surface area contributed by atoms with E-state index in [1.54, 1.807) is 12.4 Å². The average Bonchev–Trinajstić information content (AvgIpc) is 2.86. The van der Waals surface area contributed by atoms with E-state index in [4.69, 9.17) is 4.42 Å². The molecule has 0 saturated carbocycles. The molecule has 3 aromatic heterocycles. The molecule has 0 aliphatic carbocycles. The first-order chi connectivity index (χ1) is 9.42. The van der Waals surface area contributed by atoms with Crippen molar-refractivity contribution >= 4 is 22.1 Å². The molecule has 0 aliphatic heterocycles. The van der Waals surface area contributed by atoms with Crippen LogP contribution in [-0.4, -0.2) is 9.97 Å². The van der Waals surface area contributed by atoms with Gasteiger partial charge in [-0.25, -0.2) is 4.98 Å². The molecule has 0 radical (unpaired) electrons. The first-order valence-electron chi connectivity index (χ1n) is 6.10. The van der Waals surface area contributed by atoms with Crippen LogP contribution >= 0.6 is 0 Å². The largest absolute Gasteiger partial charge is 0.438 e. The molecular weight excluding hydrogens is 236 g/mol. The lowest BCUT2D eigenvalue weighted by molar-refractivity contribution is 0.654. The minimum Gasteiger partial charge on any atom is -0.438 e. The Labute approximate surface area is 109 Å². The second-order valence-electron chi connectivity index (χ2n) is 4.38. The Morgan fingerprint density at radius 1 is 0.789 bits per heavy atom. The lowest BCUT2D eigenvalue weighted by Crippen LogP contribution is -1.80. The van der Waals surface area contributed by atoms with Gasteiger partial charge in [-0.15, -0.1) is 0 Å². The molecule has 0 unspecified atom stereocenters. The average molecular weight is 246 g/mol. The minimum absolute atomic E-state index is 0.677. The summed E-state index contributed by atoms with van der Waals surface area (Å²) in [5.74, 6) is 0. The molecule has 0 aliphatic rings. The number of aromatic nitrogens is 2. The zero-order valence-electron chi connectivity index (χ0n) is 10.1. The van der Waals surface area contributed by atoms with Gasteiger partial charge in [0.05, 0.1) is 5.69 Å². The summed E-state index contributed by atoms with van der Waals surface area (Å²) in [4.78, 5) is 8.59. The summed E-state index contributed by atoms with van der Waals surface area (Å²) < 4.78 is 5.78. The normalized spacial score (nSPS) is 11.2. The predicted molar refractivity (Wildman–Crippen MR) is 74.7 cm³/mol. The summed E-state index contributed by atoms with van der Waals surface area (Å²) >= 11 is 0. The van der Waals surface area contributed by atoms with Crippen LogP contribution in [0.25, 0.3) is 33.3 Å². The number of benzene rings is 1. The van der Waals surface area contributed by atoms with Crippen molar-refractivity contribution in [3.05, 3.63) is 60.9 Å². The van der Waals surface area contributed by atoms with Crippen LogP contribution in [0.1, 0.15) is 0 Å². The fourth-order valence-corrected chi connectivity index (χ4v) is 2.30. The zero-order chi connectivity index (χ0) is 12.7. The lowest BCUT2D eigenvalue weighted by Gasteiger charge is -1.99. The summed E-state index contributed by atoms with van der Waals surface area (Å²) in [6.07, 6.45) is 3.53. The zero-order valence-corrected chi connectivity index (χ0v) is 10.1. The number of furan rings is 1. The Kier molecular flexibility index (Phi) is 2.12. The third-order valence-electron chi connectivity index (χ3n) is 3.21. The van der Waals surface area contributed by atoms with Crippen molar-refractivity contribution < 1.29 is 4.42 Å². The van der Waals surface area contributed by atoms with E-state index in [0.717, 1.165) is 27.6 Å². The van der Waals surface area contributed by atoms with E-state index in [0.29, 0.717) is 5.71 Å². The molecule has 0 saturated heterocycles. The molecule has 0 N–H and O–H groups in total. The second-order valence-corrected chi connectivity index (χ2v) is 4.38. The van der Waals surface area contributed by atoms with E-state index in [-0.39, 0.29) is 0 Å². The van der Waals surface area contributed by atoms with E-state index in [9.17, 15) is 0 Å². The standard InChI is InChI=1S/C16H10N2O/c1-2-8-17-14(5-1)11-6-7-12-13-4-3-9-18-16(13)19-15(12)10-11/h1-10H. The molecule has 0 spiro atoms. The Balaban J connectivity index is 1.99. The van der Waals surface area contributed by atoms with Crippen molar-refractivity contribution in [3.63, 3.8) is 0 Å². The molecule has 90 valence electrons. The number of hydrogen-bond donors (Lipinski definition) is 0. The Morgan fingerprint density at radius 3 is 2.63 bits per heavy atom. The Bertz CT molecular complexity index is 866. The maximum Gasteiger partial charge on any atom is 0.227 e. The molecule has 0 bridgehead atoms. The van der Waals surface area contributed by atoms with Crippen LogP contribution in [0.2, 0.25) is 0 Å². The van der Waals surface area contributed by atoms with Gasteiger partial charge in [0.15, 0.2) is 0 Å². The Hall–Kier alpha value is -2.68. The molecule has 19 heavy (non-hydrogen) atoms. The van der Waals surface area contributed by atoms with Crippen molar-refractivity contribution in [3.8, 4) is 11.3 Å². The molecule has 3 heterocycles. The van der Waals surface area contributed by atoms with Gasteiger partial charge >= 0.3 is 0 Å². The highest BCUT2D eigenvalue weighted by Crippen LogP contribution is 2.30. The maximum absolute atomic E-state index is 5.78. The molecule has 3 nitrogen and oxygen atoms in total. The van der Waals surface area contributed by atoms with Crippen LogP contribution in [0.15, 0.2) is 65.3 Å². The highest BCUT2D eigenvalue weighted by atomic mass is 16.3. The van der Waals surface area contributed by atoms with Crippen molar-refractivity contribution in [2.24, 2.45) is 0 Å². The maximum atomic E-state index is 5.78. The summed E-state index contributed by atoms with van der Waals surface area (Å²) in [6.45, 7) is 0. The molecule has 0 atom stereocenters. The topological polar surface area (TPSA) is 38.9 Å². The van der Waals surface area contributed by atoms with E-state index < -0.39 is 0 Å². The van der Waals surface area contributed by atoms with Gasteiger partial charge in [-0.2, -0.15) is 0 Å². The van der Waals surface area contributed by atoms with Gasteiger partial charge < -0.3 is 4.42 Å². The molecule has 3 heteroatoms. The van der Waals surface area contributed by atoms with Crippen molar-refractivity contribution in [1.82, 2.24) is 9.97 Å². The molecule has 0 fully saturated rings. The monoisotopic (exact) mass is 246 g/mol. The predicted octanol–water partition coefficient (Wildman–Crippen LogP) is 4.04. The summed E-state index contributed by atoms with van der Waals surface area (Å²) in [5.41, 5.74) is 3.51. The lowest BCUT2D eigenvalue weighted by atomic mass is 10.1. The van der Waals surface area contributed by atoms with E-state index in [1.165, 1.54) is 0 Å². The highest BCUT2D eigenvalue weighted by Gasteiger charge is 2.08. The number of nitrogens with zero attached hydrogens (tertiary/aromatic N) is 2. The fourth-order valence-electron chi connectivity index (χ4n) is 2.30. The highest BCUT2D eigenvalue weighted by molar-refractivity contribution is 6.04. The van der Waals surface area contributed by atoms with Crippen LogP contribution in [-0.2, 0) is 0 Å². The summed E-state index contributed by atoms with van der Waals surface area (Å²) in [5, 5.41) is 2.13. The first kappa shape index (κ1) is 10.3. The van der Waals surface area contributed by atoms with Crippen molar-refractivity contribution in [2.45, 2.75) is 0 Å². The molecule has 1 aromatic carbocycles. The van der Waals surface area contributed by atoms with Crippen LogP contribution in [0.4, 0.5) is 0 Å². The summed E-state index contributed by atoms with van der Waals surface area (Å²) in [6, 6.07) is 16.0. The molecule has 4 rings (SSSR count). The number of fused-ring (bicyclic) bond motifs is 3. The third-order valence-corrected chi connectivity index (χ3v) is 3.21. The van der Waals surface area contributed by atoms with Gasteiger partial charge in [0.1, 0.15) is 5.58 Å². The molecule has 4 aromatic rings. The minimum atomic E-state index is 0.677. The molecular formula is C16H10N2O. The van der Waals surface area contributed by atoms with E-state index in [2.05, 4.69) is 22.1 Å². The van der Waals surface area contributed by atoms with Crippen molar-refractivity contribution in [2.75, 3.05) is 0 Å². The van der Waals surface area contributed by atoms with Gasteiger partial charge in [0.2, 0.25) is 5.71 Å². The third kappa shape index (κ3) is 1.59. The van der Waals surface area contributed by atoms with Crippen LogP contribution in [0.3, 0.4) is 0 Å². The van der Waals surface area contributed by atoms with E-state index >= 15 is 0 Å². The number of pyridine rings is 2. The quantitative estimate of drug-likeness (QED) is 0.508. The SMILES string of the molecule is c1ccc(-c2ccc3c(c2)oc2ncccc23)nc1. The van der Waals surface area contributed by atoms with Crippen LogP contribution in [0, 0.1) is 0 Å². The van der Waals surface area contributed by atoms with Crippen LogP contribution < -0.4 is 0 Å². The van der Waals surface area contributed by atoms with Gasteiger partial charge in [-0.05, 0) is 36.4 Å². The smallest absolute Gasteiger partial charge is 0.227 e. The van der Waals surface area contributed by atoms with Gasteiger partial charge in [-0.3, -0.25) is 4.98 Å². The summed E-state index contributed by atoms with van der Waals surface area (Å²) in [7, 11) is 0. The van der Waals surface area contributed by atoms with Gasteiger partial charge in [-0.1, -0.05) is 12.1 Å².